The Bertz CT molecular complexity index is 644. The molecule has 0 saturated heterocycles. The summed E-state index contributed by atoms with van der Waals surface area (Å²) in [4.78, 5) is 11.8. The monoisotopic (exact) mass is 315 g/mol. The molecule has 0 unspecified atom stereocenters. The Kier molecular flexibility index (Phi) is 4.42. The zero-order valence-corrected chi connectivity index (χ0v) is 11.2. The zero-order valence-electron chi connectivity index (χ0n) is 10.5. The van der Waals surface area contributed by atoms with Gasteiger partial charge in [0.25, 0.3) is 5.91 Å². The van der Waals surface area contributed by atoms with Crippen LogP contribution in [0, 0.1) is 0 Å². The van der Waals surface area contributed by atoms with Crippen molar-refractivity contribution in [1.82, 2.24) is 15.5 Å². The van der Waals surface area contributed by atoms with Crippen LogP contribution < -0.4 is 5.32 Å². The molecular formula is C13H9ClF3N3O. The van der Waals surface area contributed by atoms with Crippen molar-refractivity contribution in [2.75, 3.05) is 0 Å². The smallest absolute Gasteiger partial charge is 0.347 e. The van der Waals surface area contributed by atoms with Gasteiger partial charge in [0.05, 0.1) is 5.56 Å². The van der Waals surface area contributed by atoms with Gasteiger partial charge in [0.15, 0.2) is 10.8 Å². The molecule has 2 aromatic rings. The lowest BCUT2D eigenvalue weighted by atomic mass is 10.1. The molecule has 0 radical (unpaired) electrons. The average Bonchev–Trinajstić information content (AvgIpc) is 2.45. The van der Waals surface area contributed by atoms with E-state index in [1.807, 2.05) is 0 Å². The van der Waals surface area contributed by atoms with Crippen molar-refractivity contribution in [2.24, 2.45) is 0 Å². The van der Waals surface area contributed by atoms with Gasteiger partial charge in [-0.15, -0.1) is 10.2 Å². The number of hydrogen-bond donors (Lipinski definition) is 1. The number of nitrogens with one attached hydrogen (secondary N) is 1. The SMILES string of the molecule is O=C(NCc1ccccc1C(F)(F)F)c1ccc(Cl)nn1. The van der Waals surface area contributed by atoms with E-state index < -0.39 is 17.6 Å². The normalized spacial score (nSPS) is 11.2. The number of benzene rings is 1. The van der Waals surface area contributed by atoms with Crippen LogP contribution in [0.5, 0.6) is 0 Å². The first kappa shape index (κ1) is 15.2. The maximum atomic E-state index is 12.8. The average molecular weight is 316 g/mol. The number of rotatable bonds is 3. The van der Waals surface area contributed by atoms with Gasteiger partial charge in [-0.25, -0.2) is 0 Å². The molecule has 1 N–H and O–H groups in total. The third-order valence-electron chi connectivity index (χ3n) is 2.63. The second-order valence-electron chi connectivity index (χ2n) is 4.08. The lowest BCUT2D eigenvalue weighted by Gasteiger charge is -2.13. The van der Waals surface area contributed by atoms with Crippen LogP contribution in [0.25, 0.3) is 0 Å². The van der Waals surface area contributed by atoms with Crippen molar-refractivity contribution in [2.45, 2.75) is 12.7 Å². The van der Waals surface area contributed by atoms with E-state index in [9.17, 15) is 18.0 Å². The number of nitrogens with zero attached hydrogens (tertiary/aromatic N) is 2. The Morgan fingerprint density at radius 1 is 1.14 bits per heavy atom. The second kappa shape index (κ2) is 6.09. The molecule has 0 fully saturated rings. The summed E-state index contributed by atoms with van der Waals surface area (Å²) in [5.74, 6) is -0.629. The molecule has 0 spiro atoms. The number of hydrogen-bond acceptors (Lipinski definition) is 3. The van der Waals surface area contributed by atoms with E-state index in [-0.39, 0.29) is 23.0 Å². The minimum Gasteiger partial charge on any atom is -0.347 e. The molecule has 1 amide bonds. The van der Waals surface area contributed by atoms with Crippen molar-refractivity contribution in [3.63, 3.8) is 0 Å². The summed E-state index contributed by atoms with van der Waals surface area (Å²) in [6.07, 6.45) is -4.47. The van der Waals surface area contributed by atoms with Crippen LogP contribution in [0.3, 0.4) is 0 Å². The molecule has 0 aliphatic heterocycles. The Balaban J connectivity index is 2.10. The van der Waals surface area contributed by atoms with Gasteiger partial charge in [0.1, 0.15) is 0 Å². The summed E-state index contributed by atoms with van der Waals surface area (Å²) >= 11 is 5.53. The molecule has 1 heterocycles. The minimum absolute atomic E-state index is 0.0242. The van der Waals surface area contributed by atoms with Crippen LogP contribution in [-0.4, -0.2) is 16.1 Å². The number of carbonyl (C=O) groups is 1. The maximum Gasteiger partial charge on any atom is 0.416 e. The van der Waals surface area contributed by atoms with Crippen LogP contribution in [0.15, 0.2) is 36.4 Å². The highest BCUT2D eigenvalue weighted by molar-refractivity contribution is 6.29. The van der Waals surface area contributed by atoms with Crippen LogP contribution in [0.1, 0.15) is 21.6 Å². The summed E-state index contributed by atoms with van der Waals surface area (Å²) < 4.78 is 38.4. The van der Waals surface area contributed by atoms with Crippen molar-refractivity contribution < 1.29 is 18.0 Å². The van der Waals surface area contributed by atoms with Gasteiger partial charge >= 0.3 is 6.18 Å². The molecule has 0 aliphatic carbocycles. The first-order chi connectivity index (χ1) is 9.88. The third kappa shape index (κ3) is 3.91. The molecule has 0 saturated carbocycles. The molecule has 4 nitrogen and oxygen atoms in total. The lowest BCUT2D eigenvalue weighted by molar-refractivity contribution is -0.138. The number of amides is 1. The van der Waals surface area contributed by atoms with Gasteiger partial charge < -0.3 is 5.32 Å². The van der Waals surface area contributed by atoms with Gasteiger partial charge in [0.2, 0.25) is 0 Å². The summed E-state index contributed by atoms with van der Waals surface area (Å²) in [6.45, 7) is -0.265. The quantitative estimate of drug-likeness (QED) is 0.947. The van der Waals surface area contributed by atoms with Crippen molar-refractivity contribution in [1.29, 1.82) is 0 Å². The van der Waals surface area contributed by atoms with Crippen LogP contribution in [0.4, 0.5) is 13.2 Å². The van der Waals surface area contributed by atoms with Gasteiger partial charge in [0, 0.05) is 6.54 Å². The highest BCUT2D eigenvalue weighted by Gasteiger charge is 2.32. The van der Waals surface area contributed by atoms with Gasteiger partial charge in [-0.05, 0) is 23.8 Å². The number of carbonyl (C=O) groups excluding carboxylic acids is 1. The fourth-order valence-electron chi connectivity index (χ4n) is 1.65. The summed E-state index contributed by atoms with van der Waals surface area (Å²) in [5, 5.41) is 9.51. The van der Waals surface area contributed by atoms with E-state index in [2.05, 4.69) is 15.5 Å². The first-order valence-electron chi connectivity index (χ1n) is 5.80. The third-order valence-corrected chi connectivity index (χ3v) is 2.83. The molecule has 0 atom stereocenters. The fraction of sp³-hybridized carbons (Fsp3) is 0.154. The van der Waals surface area contributed by atoms with Crippen LogP contribution in [0.2, 0.25) is 5.15 Å². The summed E-state index contributed by atoms with van der Waals surface area (Å²) in [6, 6.07) is 7.73. The molecule has 8 heteroatoms. The molecule has 1 aromatic heterocycles. The summed E-state index contributed by atoms with van der Waals surface area (Å²) in [5.41, 5.74) is -0.836. The number of halogens is 4. The highest BCUT2D eigenvalue weighted by Crippen LogP contribution is 2.31. The van der Waals surface area contributed by atoms with E-state index in [1.165, 1.54) is 30.3 Å². The summed E-state index contributed by atoms with van der Waals surface area (Å²) in [7, 11) is 0. The Hall–Kier alpha value is -2.15. The Morgan fingerprint density at radius 2 is 1.86 bits per heavy atom. The second-order valence-corrected chi connectivity index (χ2v) is 4.47. The van der Waals surface area contributed by atoms with Crippen molar-refractivity contribution in [3.05, 3.63) is 58.4 Å². The van der Waals surface area contributed by atoms with E-state index in [0.717, 1.165) is 6.07 Å². The molecule has 0 aliphatic rings. The van der Waals surface area contributed by atoms with Gasteiger partial charge in [-0.2, -0.15) is 13.2 Å². The number of alkyl halides is 3. The molecule has 21 heavy (non-hydrogen) atoms. The van der Waals surface area contributed by atoms with Crippen molar-refractivity contribution in [3.8, 4) is 0 Å². The fourth-order valence-corrected chi connectivity index (χ4v) is 1.75. The maximum absolute atomic E-state index is 12.8. The molecule has 110 valence electrons. The highest BCUT2D eigenvalue weighted by atomic mass is 35.5. The molecule has 2 rings (SSSR count). The topological polar surface area (TPSA) is 54.9 Å². The Labute approximate surface area is 123 Å². The molecule has 1 aromatic carbocycles. The van der Waals surface area contributed by atoms with E-state index >= 15 is 0 Å². The molecule has 0 bridgehead atoms. The van der Waals surface area contributed by atoms with E-state index in [0.29, 0.717) is 0 Å². The van der Waals surface area contributed by atoms with Gasteiger partial charge in [-0.1, -0.05) is 29.8 Å². The first-order valence-corrected chi connectivity index (χ1v) is 6.18. The van der Waals surface area contributed by atoms with E-state index in [1.54, 1.807) is 0 Å². The lowest BCUT2D eigenvalue weighted by Crippen LogP contribution is -2.25. The van der Waals surface area contributed by atoms with Gasteiger partial charge in [-0.3, -0.25) is 4.79 Å². The van der Waals surface area contributed by atoms with Crippen molar-refractivity contribution >= 4 is 17.5 Å². The Morgan fingerprint density at radius 3 is 2.48 bits per heavy atom. The minimum atomic E-state index is -4.47. The zero-order chi connectivity index (χ0) is 15.5. The molecular weight excluding hydrogens is 307 g/mol. The largest absolute Gasteiger partial charge is 0.416 e. The van der Waals surface area contributed by atoms with Crippen LogP contribution in [-0.2, 0) is 12.7 Å². The van der Waals surface area contributed by atoms with Crippen LogP contribution >= 0.6 is 11.6 Å². The predicted molar refractivity (Wildman–Crippen MR) is 69.7 cm³/mol. The predicted octanol–water partition coefficient (Wildman–Crippen LogP) is 3.08. The number of aromatic nitrogens is 2. The van der Waals surface area contributed by atoms with E-state index in [4.69, 9.17) is 11.6 Å². The standard InChI is InChI=1S/C13H9ClF3N3O/c14-11-6-5-10(19-20-11)12(21)18-7-8-3-1-2-4-9(8)13(15,16)17/h1-6H,7H2,(H,18,21).